The number of ether oxygens (including phenoxy) is 2. The Kier molecular flexibility index (Phi) is 8.01. The fraction of sp³-hybridized carbons (Fsp3) is 0.200. The number of benzene rings is 3. The molecule has 31 heavy (non-hydrogen) atoms. The van der Waals surface area contributed by atoms with Crippen LogP contribution in [0.15, 0.2) is 78.9 Å². The van der Waals surface area contributed by atoms with E-state index in [9.17, 15) is 4.79 Å². The number of carbonyl (C=O) groups excluding carboxylic acids is 1. The van der Waals surface area contributed by atoms with E-state index in [4.69, 9.17) is 21.7 Å². The zero-order chi connectivity index (χ0) is 22.1. The van der Waals surface area contributed by atoms with E-state index < -0.39 is 0 Å². The lowest BCUT2D eigenvalue weighted by Gasteiger charge is -2.12. The highest BCUT2D eigenvalue weighted by atomic mass is 32.1. The van der Waals surface area contributed by atoms with Gasteiger partial charge in [0, 0.05) is 17.3 Å². The third-order valence-electron chi connectivity index (χ3n) is 4.25. The van der Waals surface area contributed by atoms with Gasteiger partial charge in [-0.25, -0.2) is 0 Å². The molecule has 0 heterocycles. The van der Waals surface area contributed by atoms with Crippen LogP contribution in [-0.4, -0.2) is 17.6 Å². The van der Waals surface area contributed by atoms with Gasteiger partial charge in [0.25, 0.3) is 5.91 Å². The predicted octanol–water partition coefficient (Wildman–Crippen LogP) is 5.43. The summed E-state index contributed by atoms with van der Waals surface area (Å²) in [4.78, 5) is 12.5. The second kappa shape index (κ2) is 11.1. The number of nitrogens with one attached hydrogen (secondary N) is 2. The van der Waals surface area contributed by atoms with Crippen molar-refractivity contribution in [2.75, 3.05) is 11.9 Å². The minimum Gasteiger partial charge on any atom is -0.493 e. The molecule has 3 aromatic carbocycles. The molecule has 0 radical (unpaired) electrons. The second-order valence-electron chi connectivity index (χ2n) is 7.44. The minimum atomic E-state index is -0.302. The average Bonchev–Trinajstić information content (AvgIpc) is 2.77. The molecule has 1 amide bonds. The molecule has 6 heteroatoms. The van der Waals surface area contributed by atoms with Crippen LogP contribution in [0.25, 0.3) is 0 Å². The average molecular weight is 435 g/mol. The first-order valence-electron chi connectivity index (χ1n) is 10.1. The highest BCUT2D eigenvalue weighted by molar-refractivity contribution is 7.80. The summed E-state index contributed by atoms with van der Waals surface area (Å²) in [5.41, 5.74) is 2.29. The summed E-state index contributed by atoms with van der Waals surface area (Å²) in [7, 11) is 0. The van der Waals surface area contributed by atoms with Crippen molar-refractivity contribution in [2.45, 2.75) is 20.5 Å². The van der Waals surface area contributed by atoms with Gasteiger partial charge in [-0.05, 0) is 54.0 Å². The van der Waals surface area contributed by atoms with Crippen LogP contribution < -0.4 is 20.1 Å². The smallest absolute Gasteiger partial charge is 0.257 e. The van der Waals surface area contributed by atoms with E-state index in [0.717, 1.165) is 11.3 Å². The largest absolute Gasteiger partial charge is 0.493 e. The van der Waals surface area contributed by atoms with Crippen LogP contribution in [0.4, 0.5) is 5.69 Å². The number of thiocarbonyl (C=S) groups is 1. The van der Waals surface area contributed by atoms with E-state index in [1.54, 1.807) is 18.2 Å². The number of rotatable bonds is 8. The molecule has 0 saturated carbocycles. The van der Waals surface area contributed by atoms with Gasteiger partial charge in [0.1, 0.15) is 18.1 Å². The molecule has 0 aliphatic carbocycles. The van der Waals surface area contributed by atoms with Crippen LogP contribution in [0.1, 0.15) is 29.8 Å². The molecule has 0 bridgehead atoms. The lowest BCUT2D eigenvalue weighted by atomic mass is 10.2. The lowest BCUT2D eigenvalue weighted by molar-refractivity contribution is 0.0977. The molecule has 3 rings (SSSR count). The van der Waals surface area contributed by atoms with E-state index in [0.29, 0.717) is 36.2 Å². The molecule has 0 saturated heterocycles. The minimum absolute atomic E-state index is 0.207. The fourth-order valence-corrected chi connectivity index (χ4v) is 2.94. The maximum atomic E-state index is 12.5. The molecule has 0 aliphatic heterocycles. The summed E-state index contributed by atoms with van der Waals surface area (Å²) in [6.07, 6.45) is 0. The first-order valence-corrected chi connectivity index (χ1v) is 10.5. The number of amides is 1. The van der Waals surface area contributed by atoms with Gasteiger partial charge in [0.05, 0.1) is 6.61 Å². The zero-order valence-corrected chi connectivity index (χ0v) is 18.4. The van der Waals surface area contributed by atoms with Crippen LogP contribution >= 0.6 is 12.2 Å². The molecular weight excluding hydrogens is 408 g/mol. The molecule has 0 spiro atoms. The number of hydrogen-bond acceptors (Lipinski definition) is 4. The van der Waals surface area contributed by atoms with Crippen molar-refractivity contribution < 1.29 is 14.3 Å². The summed E-state index contributed by atoms with van der Waals surface area (Å²) < 4.78 is 11.5. The maximum Gasteiger partial charge on any atom is 0.257 e. The van der Waals surface area contributed by atoms with Crippen molar-refractivity contribution >= 4 is 28.9 Å². The molecule has 3 aromatic rings. The third-order valence-corrected chi connectivity index (χ3v) is 4.45. The number of carbonyl (C=O) groups is 1. The summed E-state index contributed by atoms with van der Waals surface area (Å²) in [5, 5.41) is 5.93. The van der Waals surface area contributed by atoms with E-state index in [1.807, 2.05) is 60.7 Å². The highest BCUT2D eigenvalue weighted by Crippen LogP contribution is 2.19. The summed E-state index contributed by atoms with van der Waals surface area (Å²) in [6.45, 7) is 5.21. The highest BCUT2D eigenvalue weighted by Gasteiger charge is 2.10. The predicted molar refractivity (Wildman–Crippen MR) is 128 cm³/mol. The van der Waals surface area contributed by atoms with Crippen molar-refractivity contribution in [1.82, 2.24) is 5.32 Å². The van der Waals surface area contributed by atoms with Gasteiger partial charge < -0.3 is 14.8 Å². The quantitative estimate of drug-likeness (QED) is 0.463. The monoisotopic (exact) mass is 434 g/mol. The first-order chi connectivity index (χ1) is 15.0. The third kappa shape index (κ3) is 7.42. The van der Waals surface area contributed by atoms with Gasteiger partial charge in [-0.2, -0.15) is 0 Å². The van der Waals surface area contributed by atoms with Crippen LogP contribution in [0.3, 0.4) is 0 Å². The summed E-state index contributed by atoms with van der Waals surface area (Å²) in [5.74, 6) is 1.46. The van der Waals surface area contributed by atoms with E-state index >= 15 is 0 Å². The Morgan fingerprint density at radius 1 is 0.903 bits per heavy atom. The molecule has 0 aliphatic rings. The lowest BCUT2D eigenvalue weighted by Crippen LogP contribution is -2.34. The Morgan fingerprint density at radius 2 is 1.61 bits per heavy atom. The van der Waals surface area contributed by atoms with Crippen molar-refractivity contribution in [3.05, 3.63) is 90.0 Å². The second-order valence-corrected chi connectivity index (χ2v) is 7.85. The van der Waals surface area contributed by atoms with Gasteiger partial charge in [0.2, 0.25) is 0 Å². The van der Waals surface area contributed by atoms with Crippen LogP contribution in [-0.2, 0) is 6.61 Å². The van der Waals surface area contributed by atoms with Crippen LogP contribution in [0, 0.1) is 5.92 Å². The molecule has 2 N–H and O–H groups in total. The van der Waals surface area contributed by atoms with Crippen molar-refractivity contribution in [1.29, 1.82) is 0 Å². The van der Waals surface area contributed by atoms with E-state index in [-0.39, 0.29) is 11.0 Å². The normalized spacial score (nSPS) is 10.4. The topological polar surface area (TPSA) is 59.6 Å². The van der Waals surface area contributed by atoms with Crippen molar-refractivity contribution in [3.63, 3.8) is 0 Å². The summed E-state index contributed by atoms with van der Waals surface area (Å²) in [6, 6.07) is 24.4. The standard InChI is InChI=1S/C25H26N2O3S/c1-18(2)16-29-22-12-6-10-20(14-22)24(28)27-25(31)26-21-11-7-13-23(15-21)30-17-19-8-4-3-5-9-19/h3-15,18H,16-17H2,1-2H3,(H2,26,27,28,31). The maximum absolute atomic E-state index is 12.5. The molecule has 5 nitrogen and oxygen atoms in total. The Morgan fingerprint density at radius 3 is 2.35 bits per heavy atom. The molecule has 0 unspecified atom stereocenters. The van der Waals surface area contributed by atoms with E-state index in [2.05, 4.69) is 24.5 Å². The Balaban J connectivity index is 1.54. The summed E-state index contributed by atoms with van der Waals surface area (Å²) >= 11 is 5.30. The van der Waals surface area contributed by atoms with Gasteiger partial charge in [-0.1, -0.05) is 56.3 Å². The van der Waals surface area contributed by atoms with E-state index in [1.165, 1.54) is 0 Å². The number of hydrogen-bond donors (Lipinski definition) is 2. The molecule has 160 valence electrons. The van der Waals surface area contributed by atoms with Gasteiger partial charge in [-0.15, -0.1) is 0 Å². The molecule has 0 fully saturated rings. The SMILES string of the molecule is CC(C)COc1cccc(C(=O)NC(=S)Nc2cccc(OCc3ccccc3)c2)c1. The Labute approximate surface area is 188 Å². The zero-order valence-electron chi connectivity index (χ0n) is 17.6. The van der Waals surface area contributed by atoms with Gasteiger partial charge >= 0.3 is 0 Å². The molecule has 0 atom stereocenters. The van der Waals surface area contributed by atoms with Gasteiger partial charge in [-0.3, -0.25) is 10.1 Å². The molecule has 0 aromatic heterocycles. The fourth-order valence-electron chi connectivity index (χ4n) is 2.73. The van der Waals surface area contributed by atoms with Crippen molar-refractivity contribution in [3.8, 4) is 11.5 Å². The molecular formula is C25H26N2O3S. The van der Waals surface area contributed by atoms with Crippen LogP contribution in [0.2, 0.25) is 0 Å². The Bertz CT molecular complexity index is 1020. The number of anilines is 1. The Hall–Kier alpha value is -3.38. The van der Waals surface area contributed by atoms with Crippen molar-refractivity contribution in [2.24, 2.45) is 5.92 Å². The first kappa shape index (κ1) is 22.3. The van der Waals surface area contributed by atoms with Crippen LogP contribution in [0.5, 0.6) is 11.5 Å². The van der Waals surface area contributed by atoms with Gasteiger partial charge in [0.15, 0.2) is 5.11 Å².